The highest BCUT2D eigenvalue weighted by molar-refractivity contribution is 6.05. The summed E-state index contributed by atoms with van der Waals surface area (Å²) in [5, 5.41) is 11.7. The van der Waals surface area contributed by atoms with Gasteiger partial charge in [-0.05, 0) is 83.9 Å². The molecule has 2 heterocycles. The van der Waals surface area contributed by atoms with Crippen molar-refractivity contribution in [3.63, 3.8) is 0 Å². The van der Waals surface area contributed by atoms with E-state index < -0.39 is 0 Å². The van der Waals surface area contributed by atoms with Gasteiger partial charge in [0.15, 0.2) is 0 Å². The van der Waals surface area contributed by atoms with Crippen molar-refractivity contribution in [3.05, 3.63) is 119 Å². The van der Waals surface area contributed by atoms with Gasteiger partial charge in [0.05, 0.1) is 0 Å². The molecular weight excluding hydrogens is 636 g/mol. The highest BCUT2D eigenvalue weighted by atomic mass is 16.2. The van der Waals surface area contributed by atoms with E-state index in [1.54, 1.807) is 48.5 Å². The largest absolute Gasteiger partial charge is 0.368 e. The molecule has 2 amide bonds. The molecule has 0 unspecified atom stereocenters. The SMILES string of the molecule is Nc1nc(N)nc(Nc2ccc(C(=O)Nc3ccc(/C=C/c4ccc(NC(=O)c5ccc(Nc6nc(N)nc(N)n6)cc5)cc4)cc3)cc2)n1. The second kappa shape index (κ2) is 14.4. The Balaban J connectivity index is 0.981. The quantitative estimate of drug-likeness (QED) is 0.0933. The van der Waals surface area contributed by atoms with E-state index in [2.05, 4.69) is 51.2 Å². The third kappa shape index (κ3) is 8.59. The Hall–Kier alpha value is -7.62. The summed E-state index contributed by atoms with van der Waals surface area (Å²) in [5.41, 5.74) is 27.8. The lowest BCUT2D eigenvalue weighted by Gasteiger charge is -2.08. The van der Waals surface area contributed by atoms with Crippen molar-refractivity contribution in [2.24, 2.45) is 0 Å². The Kier molecular flexibility index (Phi) is 9.33. The Labute approximate surface area is 285 Å². The molecule has 0 spiro atoms. The number of carbonyl (C=O) groups is 2. The van der Waals surface area contributed by atoms with Crippen LogP contribution in [0.15, 0.2) is 97.1 Å². The second-order valence-electron chi connectivity index (χ2n) is 10.6. The molecule has 0 saturated heterocycles. The molecule has 6 aromatic rings. The number of nitrogens with zero attached hydrogens (tertiary/aromatic N) is 6. The van der Waals surface area contributed by atoms with E-state index in [0.29, 0.717) is 33.9 Å². The number of hydrogen-bond acceptors (Lipinski definition) is 14. The average molecular weight is 667 g/mol. The van der Waals surface area contributed by atoms with Crippen molar-refractivity contribution >= 4 is 82.4 Å². The summed E-state index contributed by atoms with van der Waals surface area (Å²) >= 11 is 0. The lowest BCUT2D eigenvalue weighted by Crippen LogP contribution is -2.12. The Bertz CT molecular complexity index is 1970. The number of benzene rings is 4. The zero-order valence-corrected chi connectivity index (χ0v) is 26.2. The van der Waals surface area contributed by atoms with Crippen LogP contribution in [0.1, 0.15) is 31.8 Å². The molecule has 0 saturated carbocycles. The summed E-state index contributed by atoms with van der Waals surface area (Å²) in [6.07, 6.45) is 3.90. The van der Waals surface area contributed by atoms with Crippen LogP contribution in [0, 0.1) is 0 Å². The van der Waals surface area contributed by atoms with Gasteiger partial charge >= 0.3 is 0 Å². The van der Waals surface area contributed by atoms with E-state index in [0.717, 1.165) is 11.1 Å². The molecule has 248 valence electrons. The molecule has 0 atom stereocenters. The van der Waals surface area contributed by atoms with Crippen LogP contribution in [0.2, 0.25) is 0 Å². The van der Waals surface area contributed by atoms with Crippen LogP contribution in [-0.2, 0) is 0 Å². The molecule has 0 aliphatic rings. The van der Waals surface area contributed by atoms with Crippen LogP contribution in [-0.4, -0.2) is 41.7 Å². The van der Waals surface area contributed by atoms with Gasteiger partial charge in [-0.25, -0.2) is 0 Å². The van der Waals surface area contributed by atoms with Gasteiger partial charge in [0.25, 0.3) is 11.8 Å². The molecule has 16 heteroatoms. The first-order chi connectivity index (χ1) is 24.1. The average Bonchev–Trinajstić information content (AvgIpc) is 3.08. The second-order valence-corrected chi connectivity index (χ2v) is 10.6. The minimum atomic E-state index is -0.261. The number of nitrogens with one attached hydrogen (secondary N) is 4. The van der Waals surface area contributed by atoms with Gasteiger partial charge < -0.3 is 44.2 Å². The molecule has 0 bridgehead atoms. The monoisotopic (exact) mass is 666 g/mol. The van der Waals surface area contributed by atoms with Crippen LogP contribution in [0.25, 0.3) is 12.2 Å². The maximum atomic E-state index is 12.8. The third-order valence-electron chi connectivity index (χ3n) is 6.95. The minimum Gasteiger partial charge on any atom is -0.368 e. The molecule has 50 heavy (non-hydrogen) atoms. The minimum absolute atomic E-state index is 0.00161. The van der Waals surface area contributed by atoms with E-state index >= 15 is 0 Å². The van der Waals surface area contributed by atoms with E-state index in [1.165, 1.54) is 0 Å². The van der Waals surface area contributed by atoms with Gasteiger partial charge in [0, 0.05) is 33.9 Å². The van der Waals surface area contributed by atoms with Gasteiger partial charge in [-0.1, -0.05) is 36.4 Å². The van der Waals surface area contributed by atoms with Crippen molar-refractivity contribution in [1.29, 1.82) is 0 Å². The third-order valence-corrected chi connectivity index (χ3v) is 6.95. The summed E-state index contributed by atoms with van der Waals surface area (Å²) in [4.78, 5) is 48.9. The van der Waals surface area contributed by atoms with Gasteiger partial charge in [-0.3, -0.25) is 9.59 Å². The zero-order chi connectivity index (χ0) is 35.0. The van der Waals surface area contributed by atoms with E-state index in [1.807, 2.05) is 60.7 Å². The van der Waals surface area contributed by atoms with Crippen molar-refractivity contribution in [1.82, 2.24) is 29.9 Å². The summed E-state index contributed by atoms with van der Waals surface area (Å²) < 4.78 is 0. The van der Waals surface area contributed by atoms with Crippen molar-refractivity contribution in [2.75, 3.05) is 44.2 Å². The molecule has 0 aliphatic heterocycles. The van der Waals surface area contributed by atoms with Gasteiger partial charge in [-0.15, -0.1) is 0 Å². The molecule has 16 nitrogen and oxygen atoms in total. The summed E-state index contributed by atoms with van der Waals surface area (Å²) in [7, 11) is 0. The predicted octanol–water partition coefficient (Wildman–Crippen LogP) is 4.55. The number of amides is 2. The number of hydrogen-bond donors (Lipinski definition) is 8. The first kappa shape index (κ1) is 32.3. The van der Waals surface area contributed by atoms with Crippen LogP contribution < -0.4 is 44.2 Å². The van der Waals surface area contributed by atoms with Crippen molar-refractivity contribution in [3.8, 4) is 0 Å². The molecular formula is C34H30N14O2. The number of nitrogens with two attached hydrogens (primary N) is 4. The summed E-state index contributed by atoms with van der Waals surface area (Å²) in [6.45, 7) is 0. The summed E-state index contributed by atoms with van der Waals surface area (Å²) in [6, 6.07) is 28.4. The van der Waals surface area contributed by atoms with Gasteiger partial charge in [-0.2, -0.15) is 29.9 Å². The standard InChI is InChI=1S/C34H30N14O2/c35-29-43-30(36)46-33(45-29)41-25-15-7-21(8-16-25)27(49)39-23-11-3-19(4-12-23)1-2-20-5-13-24(14-6-20)40-28(50)22-9-17-26(18-10-22)42-34-47-31(37)44-32(38)48-34/h1-18H,(H,39,49)(H,40,50)(H5,35,36,41,43,45,46)(H5,37,38,42,44,47,48)/b2-1+. The smallest absolute Gasteiger partial charge is 0.255 e. The predicted molar refractivity (Wildman–Crippen MR) is 194 cm³/mol. The number of rotatable bonds is 10. The van der Waals surface area contributed by atoms with Gasteiger partial charge in [0.2, 0.25) is 35.7 Å². The van der Waals surface area contributed by atoms with Crippen LogP contribution in [0.3, 0.4) is 0 Å². The van der Waals surface area contributed by atoms with Crippen LogP contribution >= 0.6 is 0 Å². The molecule has 12 N–H and O–H groups in total. The lowest BCUT2D eigenvalue weighted by molar-refractivity contribution is 0.101. The van der Waals surface area contributed by atoms with Gasteiger partial charge in [0.1, 0.15) is 0 Å². The Morgan fingerprint density at radius 3 is 1.04 bits per heavy atom. The molecule has 0 fully saturated rings. The topological polar surface area (TPSA) is 264 Å². The zero-order valence-electron chi connectivity index (χ0n) is 26.2. The fourth-order valence-corrected chi connectivity index (χ4v) is 4.55. The first-order valence-corrected chi connectivity index (χ1v) is 14.9. The summed E-state index contributed by atoms with van der Waals surface area (Å²) in [5.74, 6) is -0.112. The maximum Gasteiger partial charge on any atom is 0.255 e. The molecule has 4 aromatic carbocycles. The number of carbonyl (C=O) groups excluding carboxylic acids is 2. The first-order valence-electron chi connectivity index (χ1n) is 14.9. The van der Waals surface area contributed by atoms with E-state index in [-0.39, 0.29) is 47.5 Å². The normalized spacial score (nSPS) is 10.8. The van der Waals surface area contributed by atoms with E-state index in [4.69, 9.17) is 22.9 Å². The van der Waals surface area contributed by atoms with Crippen LogP contribution in [0.4, 0.5) is 58.4 Å². The Morgan fingerprint density at radius 1 is 0.420 bits per heavy atom. The maximum absolute atomic E-state index is 12.8. The lowest BCUT2D eigenvalue weighted by atomic mass is 10.1. The number of anilines is 10. The van der Waals surface area contributed by atoms with Crippen LogP contribution in [0.5, 0.6) is 0 Å². The Morgan fingerprint density at radius 2 is 0.720 bits per heavy atom. The van der Waals surface area contributed by atoms with Crippen molar-refractivity contribution < 1.29 is 9.59 Å². The molecule has 0 radical (unpaired) electrons. The molecule has 0 aliphatic carbocycles. The highest BCUT2D eigenvalue weighted by Crippen LogP contribution is 2.20. The fraction of sp³-hybridized carbons (Fsp3) is 0. The van der Waals surface area contributed by atoms with E-state index in [9.17, 15) is 9.59 Å². The molecule has 2 aromatic heterocycles. The number of nitrogen functional groups attached to an aromatic ring is 4. The highest BCUT2D eigenvalue weighted by Gasteiger charge is 2.09. The van der Waals surface area contributed by atoms with Crippen molar-refractivity contribution in [2.45, 2.75) is 0 Å². The fourth-order valence-electron chi connectivity index (χ4n) is 4.55. The molecule has 6 rings (SSSR count). The number of aromatic nitrogens is 6.